The Morgan fingerprint density at radius 3 is 2.30 bits per heavy atom. The van der Waals surface area contributed by atoms with Crippen molar-refractivity contribution < 1.29 is 14.6 Å². The maximum atomic E-state index is 10.9. The molecule has 0 aromatic rings. The van der Waals surface area contributed by atoms with Crippen LogP contribution in [0.15, 0.2) is 11.3 Å². The first kappa shape index (κ1) is 7.28. The number of Topliss-reactive ketones (excluding diaryl/α,β-unsaturated/α-hetero) is 1. The van der Waals surface area contributed by atoms with Gasteiger partial charge in [0.25, 0.3) is 0 Å². The fraction of sp³-hybridized carbons (Fsp3) is 0.571. The highest BCUT2D eigenvalue weighted by molar-refractivity contribution is 6.10. The van der Waals surface area contributed by atoms with Crippen LogP contribution in [0.1, 0.15) is 13.8 Å². The van der Waals surface area contributed by atoms with Crippen molar-refractivity contribution in [1.82, 2.24) is 0 Å². The first-order valence-electron chi connectivity index (χ1n) is 3.04. The van der Waals surface area contributed by atoms with Crippen LogP contribution in [0, 0.1) is 0 Å². The molecule has 1 atom stereocenters. The first-order chi connectivity index (χ1) is 4.51. The zero-order chi connectivity index (χ0) is 7.94. The third kappa shape index (κ3) is 0.609. The average molecular weight is 142 g/mol. The summed E-state index contributed by atoms with van der Waals surface area (Å²) in [4.78, 5) is 10.9. The van der Waals surface area contributed by atoms with Crippen LogP contribution in [0.2, 0.25) is 0 Å². The highest BCUT2D eigenvalue weighted by Crippen LogP contribution is 2.34. The van der Waals surface area contributed by atoms with Crippen molar-refractivity contribution in [3.05, 3.63) is 11.3 Å². The van der Waals surface area contributed by atoms with Gasteiger partial charge in [-0.1, -0.05) is 0 Å². The lowest BCUT2D eigenvalue weighted by Crippen LogP contribution is -2.48. The van der Waals surface area contributed by atoms with Gasteiger partial charge in [-0.3, -0.25) is 4.79 Å². The van der Waals surface area contributed by atoms with Crippen molar-refractivity contribution in [2.75, 3.05) is 7.11 Å². The van der Waals surface area contributed by atoms with Gasteiger partial charge in [0.2, 0.25) is 5.78 Å². The van der Waals surface area contributed by atoms with Crippen LogP contribution < -0.4 is 0 Å². The molecule has 1 aliphatic rings. The van der Waals surface area contributed by atoms with E-state index in [0.717, 1.165) is 0 Å². The average Bonchev–Trinajstić information content (AvgIpc) is 1.88. The third-order valence-electron chi connectivity index (χ3n) is 1.77. The third-order valence-corrected chi connectivity index (χ3v) is 1.77. The number of hydrogen-bond donors (Lipinski definition) is 1. The molecule has 0 aliphatic heterocycles. The number of carbonyl (C=O) groups is 1. The van der Waals surface area contributed by atoms with Crippen LogP contribution in [0.3, 0.4) is 0 Å². The number of hydrogen-bond acceptors (Lipinski definition) is 3. The molecule has 0 aromatic carbocycles. The van der Waals surface area contributed by atoms with E-state index in [1.807, 2.05) is 0 Å². The Kier molecular flexibility index (Phi) is 1.33. The number of ether oxygens (including phenoxy) is 1. The predicted molar refractivity (Wildman–Crippen MR) is 35.3 cm³/mol. The Balaban J connectivity index is 3.01. The monoisotopic (exact) mass is 142 g/mol. The second-order valence-electron chi connectivity index (χ2n) is 2.56. The van der Waals surface area contributed by atoms with Gasteiger partial charge in [0.15, 0.2) is 5.60 Å². The standard InChI is InChI=1S/C7H10O3/c1-4-5(8)7(2,9)6(4)10-3/h9H,1-3H3. The van der Waals surface area contributed by atoms with Crippen molar-refractivity contribution >= 4 is 5.78 Å². The zero-order valence-electron chi connectivity index (χ0n) is 6.26. The molecule has 0 fully saturated rings. The van der Waals surface area contributed by atoms with Crippen LogP contribution in [0.4, 0.5) is 0 Å². The summed E-state index contributed by atoms with van der Waals surface area (Å²) in [6, 6.07) is 0. The van der Waals surface area contributed by atoms with Gasteiger partial charge in [0, 0.05) is 5.57 Å². The quantitative estimate of drug-likeness (QED) is 0.570. The van der Waals surface area contributed by atoms with Gasteiger partial charge in [-0.05, 0) is 13.8 Å². The second-order valence-corrected chi connectivity index (χ2v) is 2.56. The van der Waals surface area contributed by atoms with Crippen LogP contribution in [-0.4, -0.2) is 23.6 Å². The fourth-order valence-corrected chi connectivity index (χ4v) is 1.23. The molecule has 0 bridgehead atoms. The van der Waals surface area contributed by atoms with Gasteiger partial charge in [-0.25, -0.2) is 0 Å². The van der Waals surface area contributed by atoms with E-state index >= 15 is 0 Å². The summed E-state index contributed by atoms with van der Waals surface area (Å²) in [6.07, 6.45) is 0. The van der Waals surface area contributed by atoms with Crippen molar-refractivity contribution in [1.29, 1.82) is 0 Å². The number of methoxy groups -OCH3 is 1. The van der Waals surface area contributed by atoms with E-state index in [-0.39, 0.29) is 5.78 Å². The van der Waals surface area contributed by atoms with E-state index in [9.17, 15) is 9.90 Å². The molecule has 0 heterocycles. The Morgan fingerprint density at radius 2 is 2.10 bits per heavy atom. The van der Waals surface area contributed by atoms with Gasteiger partial charge in [0.05, 0.1) is 7.11 Å². The molecule has 1 rings (SSSR count). The van der Waals surface area contributed by atoms with Gasteiger partial charge in [-0.2, -0.15) is 0 Å². The molecule has 0 radical (unpaired) electrons. The van der Waals surface area contributed by atoms with Crippen molar-refractivity contribution in [3.8, 4) is 0 Å². The Morgan fingerprint density at radius 1 is 1.60 bits per heavy atom. The van der Waals surface area contributed by atoms with Gasteiger partial charge in [-0.15, -0.1) is 0 Å². The highest BCUT2D eigenvalue weighted by Gasteiger charge is 2.48. The molecule has 0 spiro atoms. The summed E-state index contributed by atoms with van der Waals surface area (Å²) in [5.41, 5.74) is -0.841. The molecule has 10 heavy (non-hydrogen) atoms. The zero-order valence-corrected chi connectivity index (χ0v) is 6.26. The molecular formula is C7H10O3. The largest absolute Gasteiger partial charge is 0.497 e. The van der Waals surface area contributed by atoms with E-state index in [2.05, 4.69) is 0 Å². The van der Waals surface area contributed by atoms with Crippen LogP contribution in [-0.2, 0) is 9.53 Å². The first-order valence-corrected chi connectivity index (χ1v) is 3.04. The van der Waals surface area contributed by atoms with E-state index in [1.165, 1.54) is 14.0 Å². The van der Waals surface area contributed by atoms with Crippen LogP contribution in [0.5, 0.6) is 0 Å². The molecule has 0 aromatic heterocycles. The molecule has 1 unspecified atom stereocenters. The summed E-state index contributed by atoms with van der Waals surface area (Å²) in [6.45, 7) is 3.07. The van der Waals surface area contributed by atoms with E-state index in [1.54, 1.807) is 6.92 Å². The number of ketones is 1. The Hall–Kier alpha value is -0.830. The topological polar surface area (TPSA) is 46.5 Å². The normalized spacial score (nSPS) is 32.2. The summed E-state index contributed by atoms with van der Waals surface area (Å²) >= 11 is 0. The summed E-state index contributed by atoms with van der Waals surface area (Å²) < 4.78 is 4.79. The van der Waals surface area contributed by atoms with Crippen molar-refractivity contribution in [2.24, 2.45) is 0 Å². The fourth-order valence-electron chi connectivity index (χ4n) is 1.23. The summed E-state index contributed by atoms with van der Waals surface area (Å²) in [5, 5.41) is 9.28. The van der Waals surface area contributed by atoms with Gasteiger partial charge in [0.1, 0.15) is 5.76 Å². The van der Waals surface area contributed by atoms with E-state index < -0.39 is 5.60 Å². The van der Waals surface area contributed by atoms with Gasteiger partial charge >= 0.3 is 0 Å². The summed E-state index contributed by atoms with van der Waals surface area (Å²) in [7, 11) is 1.44. The molecule has 1 N–H and O–H groups in total. The Bertz CT molecular complexity index is 213. The molecule has 3 heteroatoms. The van der Waals surface area contributed by atoms with Crippen molar-refractivity contribution in [3.63, 3.8) is 0 Å². The maximum Gasteiger partial charge on any atom is 0.201 e. The lowest BCUT2D eigenvalue weighted by Gasteiger charge is -2.33. The summed E-state index contributed by atoms with van der Waals surface area (Å²) in [5.74, 6) is 0.141. The van der Waals surface area contributed by atoms with E-state index in [0.29, 0.717) is 11.3 Å². The van der Waals surface area contributed by atoms with Crippen LogP contribution >= 0.6 is 0 Å². The predicted octanol–water partition coefficient (Wildman–Crippen LogP) is 0.240. The lowest BCUT2D eigenvalue weighted by atomic mass is 9.80. The molecule has 1 aliphatic carbocycles. The number of aliphatic hydroxyl groups is 1. The molecule has 0 saturated heterocycles. The molecule has 0 saturated carbocycles. The number of rotatable bonds is 1. The molecule has 56 valence electrons. The lowest BCUT2D eigenvalue weighted by molar-refractivity contribution is -0.137. The van der Waals surface area contributed by atoms with Gasteiger partial charge < -0.3 is 9.84 Å². The minimum absolute atomic E-state index is 0.246. The minimum Gasteiger partial charge on any atom is -0.497 e. The SMILES string of the molecule is COC1=C(C)C(=O)C1(C)O. The minimum atomic E-state index is -1.36. The maximum absolute atomic E-state index is 10.9. The number of carbonyl (C=O) groups excluding carboxylic acids is 1. The molecule has 3 nitrogen and oxygen atoms in total. The molecule has 0 amide bonds. The molecular weight excluding hydrogens is 132 g/mol. The Labute approximate surface area is 59.3 Å². The van der Waals surface area contributed by atoms with Crippen molar-refractivity contribution in [2.45, 2.75) is 19.4 Å². The second kappa shape index (κ2) is 1.83. The highest BCUT2D eigenvalue weighted by atomic mass is 16.5. The van der Waals surface area contributed by atoms with Crippen LogP contribution in [0.25, 0.3) is 0 Å². The smallest absolute Gasteiger partial charge is 0.201 e. The van der Waals surface area contributed by atoms with E-state index in [4.69, 9.17) is 4.74 Å².